The van der Waals surface area contributed by atoms with Crippen LogP contribution in [0.3, 0.4) is 0 Å². The van der Waals surface area contributed by atoms with Crippen molar-refractivity contribution in [2.24, 2.45) is 11.3 Å². The summed E-state index contributed by atoms with van der Waals surface area (Å²) in [5, 5.41) is 1.80. The van der Waals surface area contributed by atoms with Crippen molar-refractivity contribution < 1.29 is 9.63 Å². The van der Waals surface area contributed by atoms with Gasteiger partial charge in [-0.3, -0.25) is 0 Å². The van der Waals surface area contributed by atoms with Crippen LogP contribution in [0, 0.1) is 11.3 Å². The minimum Gasteiger partial charge on any atom is -0.364 e. The van der Waals surface area contributed by atoms with Crippen molar-refractivity contribution in [2.45, 2.75) is 33.6 Å². The molecule has 0 N–H and O–H groups in total. The van der Waals surface area contributed by atoms with E-state index < -0.39 is 0 Å². The lowest BCUT2D eigenvalue weighted by molar-refractivity contribution is -0.131. The predicted molar refractivity (Wildman–Crippen MR) is 75.6 cm³/mol. The van der Waals surface area contributed by atoms with Crippen molar-refractivity contribution >= 4 is 5.97 Å². The SMILES string of the molecule is CC(C)(C)C1CCN(OC(=O)c2ccccc2)CC1. The quantitative estimate of drug-likeness (QED) is 0.816. The smallest absolute Gasteiger partial charge is 0.357 e. The van der Waals surface area contributed by atoms with Gasteiger partial charge in [0.25, 0.3) is 0 Å². The van der Waals surface area contributed by atoms with Crippen LogP contribution in [0.2, 0.25) is 0 Å². The van der Waals surface area contributed by atoms with Crippen molar-refractivity contribution in [3.63, 3.8) is 0 Å². The third-order valence-electron chi connectivity index (χ3n) is 3.90. The zero-order valence-electron chi connectivity index (χ0n) is 12.1. The van der Waals surface area contributed by atoms with Crippen LogP contribution in [0.1, 0.15) is 44.0 Å². The first-order chi connectivity index (χ1) is 8.97. The van der Waals surface area contributed by atoms with E-state index in [2.05, 4.69) is 20.8 Å². The van der Waals surface area contributed by atoms with E-state index in [9.17, 15) is 4.79 Å². The zero-order chi connectivity index (χ0) is 13.9. The topological polar surface area (TPSA) is 29.5 Å². The third-order valence-corrected chi connectivity index (χ3v) is 3.90. The Morgan fingerprint density at radius 3 is 2.26 bits per heavy atom. The number of piperidine rings is 1. The van der Waals surface area contributed by atoms with Crippen molar-refractivity contribution in [2.75, 3.05) is 13.1 Å². The minimum atomic E-state index is -0.255. The molecule has 0 aliphatic carbocycles. The Labute approximate surface area is 115 Å². The van der Waals surface area contributed by atoms with E-state index in [1.54, 1.807) is 17.2 Å². The summed E-state index contributed by atoms with van der Waals surface area (Å²) in [4.78, 5) is 17.4. The highest BCUT2D eigenvalue weighted by Crippen LogP contribution is 2.34. The Morgan fingerprint density at radius 2 is 1.74 bits per heavy atom. The first-order valence-corrected chi connectivity index (χ1v) is 6.99. The van der Waals surface area contributed by atoms with Crippen LogP contribution in [0.5, 0.6) is 0 Å². The molecule has 0 aromatic heterocycles. The van der Waals surface area contributed by atoms with Gasteiger partial charge in [0.15, 0.2) is 0 Å². The average Bonchev–Trinajstić information content (AvgIpc) is 2.39. The Kier molecular flexibility index (Phi) is 4.25. The highest BCUT2D eigenvalue weighted by molar-refractivity contribution is 5.89. The lowest BCUT2D eigenvalue weighted by Gasteiger charge is -2.37. The first-order valence-electron chi connectivity index (χ1n) is 6.99. The minimum absolute atomic E-state index is 0.255. The number of rotatable bonds is 2. The molecule has 1 fully saturated rings. The van der Waals surface area contributed by atoms with Crippen LogP contribution in [0.25, 0.3) is 0 Å². The van der Waals surface area contributed by atoms with Gasteiger partial charge in [-0.15, -0.1) is 5.06 Å². The molecule has 1 aromatic rings. The number of hydrogen-bond acceptors (Lipinski definition) is 3. The third kappa shape index (κ3) is 3.80. The summed E-state index contributed by atoms with van der Waals surface area (Å²) in [5.74, 6) is 0.453. The molecule has 104 valence electrons. The molecule has 1 aliphatic heterocycles. The van der Waals surface area contributed by atoms with Gasteiger partial charge in [0.2, 0.25) is 0 Å². The van der Waals surface area contributed by atoms with E-state index >= 15 is 0 Å². The van der Waals surface area contributed by atoms with Crippen molar-refractivity contribution in [3.8, 4) is 0 Å². The summed E-state index contributed by atoms with van der Waals surface area (Å²) >= 11 is 0. The van der Waals surface area contributed by atoms with E-state index in [0.717, 1.165) is 25.9 Å². The number of benzene rings is 1. The molecule has 0 unspecified atom stereocenters. The van der Waals surface area contributed by atoms with Gasteiger partial charge in [0, 0.05) is 13.1 Å². The molecule has 19 heavy (non-hydrogen) atoms. The Bertz CT molecular complexity index is 414. The normalized spacial score (nSPS) is 18.3. The summed E-state index contributed by atoms with van der Waals surface area (Å²) in [5.41, 5.74) is 0.954. The number of hydroxylamine groups is 2. The van der Waals surface area contributed by atoms with Crippen molar-refractivity contribution in [1.29, 1.82) is 0 Å². The fourth-order valence-corrected chi connectivity index (χ4v) is 2.56. The average molecular weight is 261 g/mol. The van der Waals surface area contributed by atoms with Crippen LogP contribution in [0.4, 0.5) is 0 Å². The van der Waals surface area contributed by atoms with Gasteiger partial charge in [-0.2, -0.15) is 0 Å². The Hall–Kier alpha value is -1.35. The van der Waals surface area contributed by atoms with Gasteiger partial charge < -0.3 is 4.84 Å². The molecule has 3 heteroatoms. The maximum Gasteiger partial charge on any atom is 0.357 e. The van der Waals surface area contributed by atoms with E-state index in [1.807, 2.05) is 18.2 Å². The largest absolute Gasteiger partial charge is 0.364 e. The molecule has 3 nitrogen and oxygen atoms in total. The Balaban J connectivity index is 1.85. The number of carbonyl (C=O) groups is 1. The van der Waals surface area contributed by atoms with Crippen LogP contribution in [-0.4, -0.2) is 24.1 Å². The van der Waals surface area contributed by atoms with Gasteiger partial charge in [-0.1, -0.05) is 39.0 Å². The fraction of sp³-hybridized carbons (Fsp3) is 0.562. The van der Waals surface area contributed by atoms with Crippen molar-refractivity contribution in [3.05, 3.63) is 35.9 Å². The van der Waals surface area contributed by atoms with Crippen LogP contribution in [0.15, 0.2) is 30.3 Å². The molecular formula is C16H23NO2. The second-order valence-electron chi connectivity index (χ2n) is 6.31. The standard InChI is InChI=1S/C16H23NO2/c1-16(2,3)14-9-11-17(12-10-14)19-15(18)13-7-5-4-6-8-13/h4-8,14H,9-12H2,1-3H3. The highest BCUT2D eigenvalue weighted by atomic mass is 16.7. The van der Waals surface area contributed by atoms with E-state index in [0.29, 0.717) is 16.9 Å². The Morgan fingerprint density at radius 1 is 1.16 bits per heavy atom. The maximum atomic E-state index is 11.9. The van der Waals surface area contributed by atoms with Crippen LogP contribution in [-0.2, 0) is 4.84 Å². The molecule has 1 aromatic carbocycles. The molecule has 1 saturated heterocycles. The molecule has 0 saturated carbocycles. The molecular weight excluding hydrogens is 238 g/mol. The highest BCUT2D eigenvalue weighted by Gasteiger charge is 2.30. The summed E-state index contributed by atoms with van der Waals surface area (Å²) in [6.07, 6.45) is 2.18. The van der Waals surface area contributed by atoms with E-state index in [1.165, 1.54) is 0 Å². The second-order valence-corrected chi connectivity index (χ2v) is 6.31. The second kappa shape index (κ2) is 5.74. The number of nitrogens with zero attached hydrogens (tertiary/aromatic N) is 1. The monoisotopic (exact) mass is 261 g/mol. The summed E-state index contributed by atoms with van der Waals surface area (Å²) in [6, 6.07) is 9.16. The fourth-order valence-electron chi connectivity index (χ4n) is 2.56. The van der Waals surface area contributed by atoms with Gasteiger partial charge in [0.1, 0.15) is 0 Å². The lowest BCUT2D eigenvalue weighted by atomic mass is 9.75. The van der Waals surface area contributed by atoms with E-state index in [4.69, 9.17) is 4.84 Å². The van der Waals surface area contributed by atoms with Gasteiger partial charge in [-0.25, -0.2) is 4.79 Å². The number of carbonyl (C=O) groups excluding carboxylic acids is 1. The van der Waals surface area contributed by atoms with Gasteiger partial charge in [-0.05, 0) is 36.3 Å². The van der Waals surface area contributed by atoms with Crippen LogP contribution >= 0.6 is 0 Å². The maximum absolute atomic E-state index is 11.9. The molecule has 2 rings (SSSR count). The summed E-state index contributed by atoms with van der Waals surface area (Å²) in [6.45, 7) is 8.51. The summed E-state index contributed by atoms with van der Waals surface area (Å²) < 4.78 is 0. The van der Waals surface area contributed by atoms with Crippen LogP contribution < -0.4 is 0 Å². The zero-order valence-corrected chi connectivity index (χ0v) is 12.1. The predicted octanol–water partition coefficient (Wildman–Crippen LogP) is 3.52. The number of hydrogen-bond donors (Lipinski definition) is 0. The molecule has 0 amide bonds. The lowest BCUT2D eigenvalue weighted by Crippen LogP contribution is -2.39. The summed E-state index contributed by atoms with van der Waals surface area (Å²) in [7, 11) is 0. The van der Waals surface area contributed by atoms with Gasteiger partial charge in [0.05, 0.1) is 5.56 Å². The first kappa shape index (κ1) is 14.1. The van der Waals surface area contributed by atoms with Crippen molar-refractivity contribution in [1.82, 2.24) is 5.06 Å². The van der Waals surface area contributed by atoms with Gasteiger partial charge >= 0.3 is 5.97 Å². The molecule has 1 heterocycles. The van der Waals surface area contributed by atoms with E-state index in [-0.39, 0.29) is 5.97 Å². The molecule has 0 bridgehead atoms. The molecule has 0 radical (unpaired) electrons. The molecule has 1 aliphatic rings. The molecule has 0 atom stereocenters. The molecule has 0 spiro atoms.